The number of nitrogens with zero attached hydrogens (tertiary/aromatic N) is 4. The van der Waals surface area contributed by atoms with Gasteiger partial charge in [0.05, 0.1) is 12.8 Å². The molecule has 5 heteroatoms. The Morgan fingerprint density at radius 2 is 1.87 bits per heavy atom. The molecule has 0 spiro atoms. The molecule has 0 fully saturated rings. The molecule has 3 aromatic heterocycles. The fourth-order valence-corrected chi connectivity index (χ4v) is 4.30. The van der Waals surface area contributed by atoms with E-state index < -0.39 is 0 Å². The Balaban J connectivity index is 1.68. The molecule has 0 saturated heterocycles. The van der Waals surface area contributed by atoms with Gasteiger partial charge in [-0.2, -0.15) is 0 Å². The number of anilines is 2. The highest BCUT2D eigenvalue weighted by molar-refractivity contribution is 5.73. The third-order valence-electron chi connectivity index (χ3n) is 6.06. The Kier molecular flexibility index (Phi) is 4.46. The van der Waals surface area contributed by atoms with Crippen molar-refractivity contribution < 1.29 is 4.74 Å². The Labute approximate surface area is 177 Å². The van der Waals surface area contributed by atoms with Crippen molar-refractivity contribution in [2.45, 2.75) is 33.1 Å². The summed E-state index contributed by atoms with van der Waals surface area (Å²) in [4.78, 5) is 11.8. The number of ether oxygens (including phenoxy) is 1. The van der Waals surface area contributed by atoms with Crippen molar-refractivity contribution in [1.82, 2.24) is 14.4 Å². The molecule has 1 unspecified atom stereocenters. The van der Waals surface area contributed by atoms with E-state index in [-0.39, 0.29) is 0 Å². The van der Waals surface area contributed by atoms with Crippen LogP contribution in [0.25, 0.3) is 16.8 Å². The number of hydrogen-bond acceptors (Lipinski definition) is 4. The van der Waals surface area contributed by atoms with Gasteiger partial charge in [0, 0.05) is 47.7 Å². The Bertz CT molecular complexity index is 1230. The summed E-state index contributed by atoms with van der Waals surface area (Å²) < 4.78 is 7.44. The van der Waals surface area contributed by atoms with Crippen LogP contribution in [0, 0.1) is 13.8 Å². The highest BCUT2D eigenvalue weighted by atomic mass is 16.5. The van der Waals surface area contributed by atoms with Gasteiger partial charge in [0.15, 0.2) is 0 Å². The van der Waals surface area contributed by atoms with Crippen LogP contribution in [0.3, 0.4) is 0 Å². The van der Waals surface area contributed by atoms with Crippen LogP contribution in [0.5, 0.6) is 5.88 Å². The molecule has 0 N–H and O–H groups in total. The van der Waals surface area contributed by atoms with Crippen LogP contribution >= 0.6 is 0 Å². The summed E-state index contributed by atoms with van der Waals surface area (Å²) in [5.41, 5.74) is 8.14. The molecule has 0 amide bonds. The summed E-state index contributed by atoms with van der Waals surface area (Å²) >= 11 is 0. The molecule has 5 rings (SSSR count). The van der Waals surface area contributed by atoms with Crippen LogP contribution in [-0.2, 0) is 0 Å². The number of fused-ring (bicyclic) bond motifs is 3. The van der Waals surface area contributed by atoms with E-state index in [1.807, 2.05) is 18.3 Å². The SMILES string of the molecule is COc1ccc(-c2ccc3nc4c(n3c2)N(c2cc(C)ccc2C)CCC4C)cn1. The first kappa shape index (κ1) is 18.7. The maximum atomic E-state index is 5.20. The minimum atomic E-state index is 0.437. The molecule has 1 atom stereocenters. The van der Waals surface area contributed by atoms with Gasteiger partial charge in [0.2, 0.25) is 5.88 Å². The third-order valence-corrected chi connectivity index (χ3v) is 6.06. The predicted molar refractivity (Wildman–Crippen MR) is 121 cm³/mol. The minimum absolute atomic E-state index is 0.437. The van der Waals surface area contributed by atoms with Crippen LogP contribution in [0.1, 0.15) is 36.1 Å². The Hall–Kier alpha value is -3.34. The van der Waals surface area contributed by atoms with Gasteiger partial charge in [0.1, 0.15) is 11.5 Å². The maximum absolute atomic E-state index is 5.20. The summed E-state index contributed by atoms with van der Waals surface area (Å²) in [7, 11) is 1.63. The van der Waals surface area contributed by atoms with Crippen molar-refractivity contribution in [3.63, 3.8) is 0 Å². The highest BCUT2D eigenvalue weighted by Gasteiger charge is 2.29. The molecule has 1 aliphatic rings. The number of methoxy groups -OCH3 is 1. The van der Waals surface area contributed by atoms with Gasteiger partial charge in [-0.3, -0.25) is 4.40 Å². The molecule has 4 aromatic rings. The number of rotatable bonds is 3. The number of benzene rings is 1. The molecule has 0 aliphatic carbocycles. The standard InChI is InChI=1S/C25H26N4O/c1-16-5-6-17(2)21(13-16)28-12-11-18(3)24-25(28)29-15-20(7-9-22(29)27-24)19-8-10-23(30-4)26-14-19/h5-10,13-15,18H,11-12H2,1-4H3. The van der Waals surface area contributed by atoms with E-state index in [0.717, 1.165) is 29.7 Å². The van der Waals surface area contributed by atoms with E-state index in [0.29, 0.717) is 11.8 Å². The second-order valence-electron chi connectivity index (χ2n) is 8.19. The molecular weight excluding hydrogens is 372 g/mol. The van der Waals surface area contributed by atoms with Gasteiger partial charge in [-0.05, 0) is 55.7 Å². The molecule has 30 heavy (non-hydrogen) atoms. The molecule has 0 bridgehead atoms. The van der Waals surface area contributed by atoms with Crippen LogP contribution in [0.2, 0.25) is 0 Å². The minimum Gasteiger partial charge on any atom is -0.481 e. The summed E-state index contributed by atoms with van der Waals surface area (Å²) in [6.07, 6.45) is 5.13. The van der Waals surface area contributed by atoms with Crippen LogP contribution < -0.4 is 9.64 Å². The first-order valence-corrected chi connectivity index (χ1v) is 10.4. The molecule has 152 valence electrons. The lowest BCUT2D eigenvalue weighted by atomic mass is 9.98. The molecule has 1 aliphatic heterocycles. The first-order valence-electron chi connectivity index (χ1n) is 10.4. The van der Waals surface area contributed by atoms with Crippen LogP contribution in [0.15, 0.2) is 54.9 Å². The molecule has 0 radical (unpaired) electrons. The number of pyridine rings is 2. The zero-order valence-corrected chi connectivity index (χ0v) is 17.9. The second kappa shape index (κ2) is 7.17. The van der Waals surface area contributed by atoms with E-state index in [2.05, 4.69) is 71.6 Å². The molecule has 5 nitrogen and oxygen atoms in total. The van der Waals surface area contributed by atoms with Crippen molar-refractivity contribution in [2.75, 3.05) is 18.6 Å². The summed E-state index contributed by atoms with van der Waals surface area (Å²) in [6, 6.07) is 14.8. The van der Waals surface area contributed by atoms with E-state index in [4.69, 9.17) is 9.72 Å². The van der Waals surface area contributed by atoms with Crippen LogP contribution in [0.4, 0.5) is 11.5 Å². The third kappa shape index (κ3) is 3.02. The number of aryl methyl sites for hydroxylation is 2. The fourth-order valence-electron chi connectivity index (χ4n) is 4.30. The number of imidazole rings is 1. The Morgan fingerprint density at radius 3 is 2.63 bits per heavy atom. The van der Waals surface area contributed by atoms with Crippen molar-refractivity contribution in [1.29, 1.82) is 0 Å². The average Bonchev–Trinajstić information content (AvgIpc) is 3.16. The zero-order chi connectivity index (χ0) is 20.8. The fraction of sp³-hybridized carbons (Fsp3) is 0.280. The lowest BCUT2D eigenvalue weighted by molar-refractivity contribution is 0.398. The van der Waals surface area contributed by atoms with E-state index >= 15 is 0 Å². The molecular formula is C25H26N4O. The van der Waals surface area contributed by atoms with Gasteiger partial charge < -0.3 is 9.64 Å². The monoisotopic (exact) mass is 398 g/mol. The lowest BCUT2D eigenvalue weighted by Gasteiger charge is -2.33. The largest absolute Gasteiger partial charge is 0.481 e. The van der Waals surface area contributed by atoms with Gasteiger partial charge in [-0.25, -0.2) is 9.97 Å². The summed E-state index contributed by atoms with van der Waals surface area (Å²) in [5, 5.41) is 0. The van der Waals surface area contributed by atoms with Crippen molar-refractivity contribution in [2.24, 2.45) is 0 Å². The molecule has 4 heterocycles. The highest BCUT2D eigenvalue weighted by Crippen LogP contribution is 2.41. The smallest absolute Gasteiger partial charge is 0.212 e. The van der Waals surface area contributed by atoms with Gasteiger partial charge in [-0.15, -0.1) is 0 Å². The molecule has 1 aromatic carbocycles. The van der Waals surface area contributed by atoms with Gasteiger partial charge in [0.25, 0.3) is 0 Å². The van der Waals surface area contributed by atoms with E-state index in [9.17, 15) is 0 Å². The number of hydrogen-bond donors (Lipinski definition) is 0. The maximum Gasteiger partial charge on any atom is 0.212 e. The average molecular weight is 399 g/mol. The quantitative estimate of drug-likeness (QED) is 0.446. The second-order valence-corrected chi connectivity index (χ2v) is 8.19. The molecule has 0 saturated carbocycles. The Morgan fingerprint density at radius 1 is 1.03 bits per heavy atom. The van der Waals surface area contributed by atoms with E-state index in [1.54, 1.807) is 7.11 Å². The first-order chi connectivity index (χ1) is 14.5. The summed E-state index contributed by atoms with van der Waals surface area (Å²) in [6.45, 7) is 7.60. The lowest BCUT2D eigenvalue weighted by Crippen LogP contribution is -2.27. The predicted octanol–water partition coefficient (Wildman–Crippen LogP) is 5.67. The van der Waals surface area contributed by atoms with E-state index in [1.165, 1.54) is 28.3 Å². The normalized spacial score (nSPS) is 16.0. The topological polar surface area (TPSA) is 42.7 Å². The zero-order valence-electron chi connectivity index (χ0n) is 17.9. The van der Waals surface area contributed by atoms with Gasteiger partial charge >= 0.3 is 0 Å². The van der Waals surface area contributed by atoms with Crippen molar-refractivity contribution >= 4 is 17.2 Å². The van der Waals surface area contributed by atoms with Gasteiger partial charge in [-0.1, -0.05) is 19.1 Å². The summed E-state index contributed by atoms with van der Waals surface area (Å²) in [5.74, 6) is 2.24. The number of aromatic nitrogens is 3. The van der Waals surface area contributed by atoms with Crippen molar-refractivity contribution in [3.8, 4) is 17.0 Å². The van der Waals surface area contributed by atoms with Crippen molar-refractivity contribution in [3.05, 3.63) is 71.7 Å². The van der Waals surface area contributed by atoms with Crippen LogP contribution in [-0.4, -0.2) is 28.0 Å².